The van der Waals surface area contributed by atoms with Crippen molar-refractivity contribution < 1.29 is 23.5 Å². The fourth-order valence-electron chi connectivity index (χ4n) is 3.70. The van der Waals surface area contributed by atoms with Crippen LogP contribution in [0.25, 0.3) is 5.69 Å². The van der Waals surface area contributed by atoms with Gasteiger partial charge >= 0.3 is 12.1 Å². The summed E-state index contributed by atoms with van der Waals surface area (Å²) in [6, 6.07) is 5.19. The van der Waals surface area contributed by atoms with Crippen LogP contribution in [0.1, 0.15) is 50.9 Å². The van der Waals surface area contributed by atoms with Gasteiger partial charge in [0.25, 0.3) is 5.91 Å². The summed E-state index contributed by atoms with van der Waals surface area (Å²) in [6.45, 7) is 8.50. The number of carbonyl (C=O) groups is 3. The Hall–Kier alpha value is -3.56. The minimum absolute atomic E-state index is 0.227. The number of hydrogen-bond acceptors (Lipinski definition) is 4. The number of carbonyl (C=O) groups excluding carboxylic acids is 3. The molecule has 1 aromatic heterocycles. The number of halogens is 1. The van der Waals surface area contributed by atoms with E-state index in [1.807, 2.05) is 0 Å². The van der Waals surface area contributed by atoms with E-state index in [0.717, 1.165) is 6.42 Å². The Bertz CT molecular complexity index is 1050. The molecule has 4 amide bonds. The molecular weight excluding hydrogens is 441 g/mol. The van der Waals surface area contributed by atoms with Crippen LogP contribution >= 0.6 is 0 Å². The lowest BCUT2D eigenvalue weighted by Crippen LogP contribution is -2.50. The second-order valence-electron chi connectivity index (χ2n) is 9.20. The number of likely N-dealkylation sites (tertiary alicyclic amines) is 1. The van der Waals surface area contributed by atoms with Crippen molar-refractivity contribution in [3.63, 3.8) is 0 Å². The summed E-state index contributed by atoms with van der Waals surface area (Å²) in [5.74, 6) is -0.821. The number of rotatable bonds is 5. The highest BCUT2D eigenvalue weighted by atomic mass is 19.1. The quantitative estimate of drug-likeness (QED) is 0.613. The highest BCUT2D eigenvalue weighted by molar-refractivity contribution is 6.03. The Balaban J connectivity index is 1.78. The van der Waals surface area contributed by atoms with Crippen molar-refractivity contribution in [2.24, 2.45) is 0 Å². The van der Waals surface area contributed by atoms with Crippen LogP contribution in [0.15, 0.2) is 36.7 Å². The van der Waals surface area contributed by atoms with E-state index < -0.39 is 29.4 Å². The molecular formula is C24H32FN5O4. The largest absolute Gasteiger partial charge is 0.444 e. The summed E-state index contributed by atoms with van der Waals surface area (Å²) in [5, 5.41) is 8.26. The minimum atomic E-state index is -0.604. The van der Waals surface area contributed by atoms with Crippen LogP contribution in [0.3, 0.4) is 0 Å². The van der Waals surface area contributed by atoms with E-state index in [1.54, 1.807) is 61.7 Å². The predicted octanol–water partition coefficient (Wildman–Crippen LogP) is 3.89. The van der Waals surface area contributed by atoms with Crippen molar-refractivity contribution in [3.8, 4) is 5.69 Å². The van der Waals surface area contributed by atoms with Crippen molar-refractivity contribution >= 4 is 23.7 Å². The Labute approximate surface area is 198 Å². The maximum absolute atomic E-state index is 13.7. The van der Waals surface area contributed by atoms with Gasteiger partial charge in [-0.2, -0.15) is 0 Å². The van der Waals surface area contributed by atoms with Crippen molar-refractivity contribution in [2.45, 2.75) is 52.2 Å². The molecule has 1 atom stereocenters. The zero-order valence-electron chi connectivity index (χ0n) is 20.0. The van der Waals surface area contributed by atoms with E-state index in [0.29, 0.717) is 31.7 Å². The molecule has 3 N–H and O–H groups in total. The number of urea groups is 1. The molecule has 34 heavy (non-hydrogen) atoms. The van der Waals surface area contributed by atoms with E-state index in [2.05, 4.69) is 16.0 Å². The molecule has 9 nitrogen and oxygen atoms in total. The third-order valence-electron chi connectivity index (χ3n) is 5.17. The molecule has 0 unspecified atom stereocenters. The van der Waals surface area contributed by atoms with Crippen molar-refractivity contribution in [3.05, 3.63) is 48.0 Å². The van der Waals surface area contributed by atoms with Crippen LogP contribution in [-0.2, 0) is 4.74 Å². The van der Waals surface area contributed by atoms with E-state index in [4.69, 9.17) is 4.74 Å². The van der Waals surface area contributed by atoms with Crippen molar-refractivity contribution in [1.82, 2.24) is 20.1 Å². The molecule has 1 aliphatic rings. The van der Waals surface area contributed by atoms with Gasteiger partial charge in [-0.1, -0.05) is 6.07 Å². The Morgan fingerprint density at radius 3 is 2.65 bits per heavy atom. The van der Waals surface area contributed by atoms with Crippen LogP contribution in [0.5, 0.6) is 0 Å². The van der Waals surface area contributed by atoms with E-state index >= 15 is 0 Å². The standard InChI is InChI=1S/C24H32FN5O4/c1-5-26-22(32)28-20-15-30(18-10-6-8-16(25)12-18)14-19(20)21(31)27-17-9-7-11-29(13-17)23(33)34-24(2,3)4/h6,8,10,12,14-15,17H,5,7,9,11,13H2,1-4H3,(H,27,31)(H2,26,28,32)/t17-/m0/s1. The van der Waals surface area contributed by atoms with Gasteiger partial charge in [0.2, 0.25) is 0 Å². The Morgan fingerprint density at radius 2 is 1.97 bits per heavy atom. The maximum atomic E-state index is 13.7. The Kier molecular flexibility index (Phi) is 7.80. The van der Waals surface area contributed by atoms with Crippen LogP contribution in [0.2, 0.25) is 0 Å². The van der Waals surface area contributed by atoms with Gasteiger partial charge in [0.05, 0.1) is 11.3 Å². The number of benzene rings is 1. The molecule has 2 heterocycles. The van der Waals surface area contributed by atoms with Crippen LogP contribution in [0, 0.1) is 5.82 Å². The van der Waals surface area contributed by atoms with Gasteiger partial charge in [-0.15, -0.1) is 0 Å². The molecule has 0 aliphatic carbocycles. The summed E-state index contributed by atoms with van der Waals surface area (Å²) < 4.78 is 20.8. The van der Waals surface area contributed by atoms with Gasteiger partial charge < -0.3 is 30.2 Å². The molecule has 1 fully saturated rings. The number of aromatic nitrogens is 1. The fourth-order valence-corrected chi connectivity index (χ4v) is 3.70. The molecule has 0 spiro atoms. The zero-order chi connectivity index (χ0) is 24.9. The topological polar surface area (TPSA) is 105 Å². The summed E-state index contributed by atoms with van der Waals surface area (Å²) in [4.78, 5) is 39.3. The number of nitrogens with one attached hydrogen (secondary N) is 3. The lowest BCUT2D eigenvalue weighted by molar-refractivity contribution is 0.0185. The number of ether oxygens (including phenoxy) is 1. The van der Waals surface area contributed by atoms with Crippen LogP contribution in [-0.4, -0.2) is 58.8 Å². The van der Waals surface area contributed by atoms with Crippen molar-refractivity contribution in [2.75, 3.05) is 25.0 Å². The highest BCUT2D eigenvalue weighted by Crippen LogP contribution is 2.23. The molecule has 3 rings (SSSR count). The second kappa shape index (κ2) is 10.6. The minimum Gasteiger partial charge on any atom is -0.444 e. The summed E-state index contributed by atoms with van der Waals surface area (Å²) >= 11 is 0. The molecule has 0 saturated carbocycles. The van der Waals surface area contributed by atoms with Gasteiger partial charge in [0.1, 0.15) is 11.4 Å². The average Bonchev–Trinajstić information content (AvgIpc) is 3.17. The monoisotopic (exact) mass is 473 g/mol. The Morgan fingerprint density at radius 1 is 1.21 bits per heavy atom. The first-order chi connectivity index (χ1) is 16.1. The maximum Gasteiger partial charge on any atom is 0.410 e. The molecule has 0 bridgehead atoms. The van der Waals surface area contributed by atoms with E-state index in [1.165, 1.54) is 12.1 Å². The predicted molar refractivity (Wildman–Crippen MR) is 127 cm³/mol. The van der Waals surface area contributed by atoms with Gasteiger partial charge in [0, 0.05) is 43.8 Å². The number of hydrogen-bond donors (Lipinski definition) is 3. The smallest absolute Gasteiger partial charge is 0.410 e. The number of amides is 4. The van der Waals surface area contributed by atoms with Crippen LogP contribution in [0.4, 0.5) is 19.7 Å². The fraction of sp³-hybridized carbons (Fsp3) is 0.458. The van der Waals surface area contributed by atoms with E-state index in [-0.39, 0.29) is 17.3 Å². The average molecular weight is 474 g/mol. The third kappa shape index (κ3) is 6.72. The number of anilines is 1. The third-order valence-corrected chi connectivity index (χ3v) is 5.17. The zero-order valence-corrected chi connectivity index (χ0v) is 20.0. The molecule has 184 valence electrons. The number of nitrogens with zero attached hydrogens (tertiary/aromatic N) is 2. The second-order valence-corrected chi connectivity index (χ2v) is 9.20. The molecule has 1 saturated heterocycles. The first-order valence-electron chi connectivity index (χ1n) is 11.4. The highest BCUT2D eigenvalue weighted by Gasteiger charge is 2.29. The van der Waals surface area contributed by atoms with Crippen molar-refractivity contribution in [1.29, 1.82) is 0 Å². The SMILES string of the molecule is CCNC(=O)Nc1cn(-c2cccc(F)c2)cc1C(=O)N[C@H]1CCCN(C(=O)OC(C)(C)C)C1. The lowest BCUT2D eigenvalue weighted by Gasteiger charge is -2.34. The van der Waals surface area contributed by atoms with Gasteiger partial charge in [-0.25, -0.2) is 14.0 Å². The number of piperidine rings is 1. The van der Waals surface area contributed by atoms with Crippen LogP contribution < -0.4 is 16.0 Å². The molecule has 1 aromatic carbocycles. The molecule has 1 aliphatic heterocycles. The summed E-state index contributed by atoms with van der Waals surface area (Å²) in [5.41, 5.74) is 0.413. The van der Waals surface area contributed by atoms with Gasteiger partial charge in [-0.05, 0) is 58.7 Å². The molecule has 0 radical (unpaired) electrons. The summed E-state index contributed by atoms with van der Waals surface area (Å²) in [6.07, 6.45) is 4.11. The molecule has 2 aromatic rings. The normalized spacial score (nSPS) is 16.0. The van der Waals surface area contributed by atoms with Gasteiger partial charge in [-0.3, -0.25) is 4.79 Å². The van der Waals surface area contributed by atoms with Gasteiger partial charge in [0.15, 0.2) is 0 Å². The first-order valence-corrected chi connectivity index (χ1v) is 11.4. The van der Waals surface area contributed by atoms with E-state index in [9.17, 15) is 18.8 Å². The molecule has 10 heteroatoms. The summed E-state index contributed by atoms with van der Waals surface area (Å²) in [7, 11) is 0. The first kappa shape index (κ1) is 25.1. The lowest BCUT2D eigenvalue weighted by atomic mass is 10.1.